The second-order valence-corrected chi connectivity index (χ2v) is 19.8. The maximum absolute atomic E-state index is 13.0. The Morgan fingerprint density at radius 3 is 1.24 bits per heavy atom. The van der Waals surface area contributed by atoms with E-state index in [2.05, 4.69) is 20.5 Å². The number of aromatic hydroxyl groups is 2. The summed E-state index contributed by atoms with van der Waals surface area (Å²) in [6, 6.07) is 27.6. The zero-order valence-corrected chi connectivity index (χ0v) is 33.3. The lowest BCUT2D eigenvalue weighted by molar-refractivity contribution is 0.472. The molecule has 0 spiro atoms. The van der Waals surface area contributed by atoms with Gasteiger partial charge in [-0.3, -0.25) is 0 Å². The standard InChI is InChI=1S/C40H38N4O6S4/c1-25-5-15-35-29(21-25)23-27(3)39(45)37(35)43-41-31-7-11-33(12-8-31)53(47,48)19-17-51-52-18-20-54(49,50)34-13-9-32(10-14-34)42-44-38-36-16-6-26(2)22-30(36)24-28(4)40(38)46/h5-16,21-24,45-46H,17-20H2,1-4H3. The van der Waals surface area contributed by atoms with Crippen LogP contribution in [0.25, 0.3) is 21.5 Å². The van der Waals surface area contributed by atoms with Gasteiger partial charge in [-0.25, -0.2) is 16.8 Å². The fraction of sp³-hybridized carbons (Fsp3) is 0.200. The van der Waals surface area contributed by atoms with Crippen molar-refractivity contribution in [1.29, 1.82) is 0 Å². The summed E-state index contributed by atoms with van der Waals surface area (Å²) in [5.41, 5.74) is 5.11. The van der Waals surface area contributed by atoms with E-state index < -0.39 is 19.7 Å². The predicted molar refractivity (Wildman–Crippen MR) is 220 cm³/mol. The van der Waals surface area contributed by atoms with E-state index in [0.717, 1.165) is 32.7 Å². The van der Waals surface area contributed by atoms with E-state index in [1.54, 1.807) is 38.1 Å². The third-order valence-corrected chi connectivity index (χ3v) is 15.1. The van der Waals surface area contributed by atoms with Crippen molar-refractivity contribution in [1.82, 2.24) is 0 Å². The molecular weight excluding hydrogens is 761 g/mol. The number of benzene rings is 6. The quantitative estimate of drug-likeness (QED) is 0.0664. The van der Waals surface area contributed by atoms with E-state index in [4.69, 9.17) is 0 Å². The van der Waals surface area contributed by atoms with Gasteiger partial charge in [0.25, 0.3) is 0 Å². The largest absolute Gasteiger partial charge is 0.505 e. The van der Waals surface area contributed by atoms with Crippen molar-refractivity contribution < 1.29 is 27.0 Å². The average Bonchev–Trinajstić information content (AvgIpc) is 3.14. The number of sulfone groups is 2. The Labute approximate surface area is 322 Å². The van der Waals surface area contributed by atoms with Crippen LogP contribution in [0, 0.1) is 27.7 Å². The number of phenols is 2. The Morgan fingerprint density at radius 1 is 0.500 bits per heavy atom. The van der Waals surface area contributed by atoms with Crippen LogP contribution in [-0.2, 0) is 19.7 Å². The van der Waals surface area contributed by atoms with Crippen LogP contribution in [0.2, 0.25) is 0 Å². The zero-order valence-electron chi connectivity index (χ0n) is 30.0. The molecule has 0 atom stereocenters. The number of fused-ring (bicyclic) bond motifs is 2. The molecular formula is C40H38N4O6S4. The molecule has 0 amide bonds. The van der Waals surface area contributed by atoms with Gasteiger partial charge in [0, 0.05) is 22.3 Å². The monoisotopic (exact) mass is 798 g/mol. The molecule has 2 N–H and O–H groups in total. The van der Waals surface area contributed by atoms with E-state index >= 15 is 0 Å². The van der Waals surface area contributed by atoms with E-state index in [9.17, 15) is 27.0 Å². The minimum atomic E-state index is -3.59. The smallest absolute Gasteiger partial charge is 0.179 e. The zero-order chi connectivity index (χ0) is 38.6. The van der Waals surface area contributed by atoms with Gasteiger partial charge in [-0.2, -0.15) is 10.2 Å². The Kier molecular flexibility index (Phi) is 11.8. The molecule has 0 fully saturated rings. The van der Waals surface area contributed by atoms with Crippen LogP contribution in [0.4, 0.5) is 22.7 Å². The van der Waals surface area contributed by atoms with Crippen LogP contribution >= 0.6 is 21.6 Å². The number of hydrogen-bond acceptors (Lipinski definition) is 12. The minimum Gasteiger partial charge on any atom is -0.505 e. The van der Waals surface area contributed by atoms with Crippen LogP contribution in [0.5, 0.6) is 11.5 Å². The highest BCUT2D eigenvalue weighted by Crippen LogP contribution is 2.41. The summed E-state index contributed by atoms with van der Waals surface area (Å²) in [5.74, 6) is 0.402. The first-order valence-electron chi connectivity index (χ1n) is 16.9. The predicted octanol–water partition coefficient (Wildman–Crippen LogP) is 11.1. The van der Waals surface area contributed by atoms with E-state index in [-0.39, 0.29) is 44.3 Å². The molecule has 14 heteroatoms. The molecule has 0 radical (unpaired) electrons. The van der Waals surface area contributed by atoms with Crippen molar-refractivity contribution in [2.75, 3.05) is 23.0 Å². The van der Waals surface area contributed by atoms with Crippen LogP contribution in [0.15, 0.2) is 127 Å². The maximum atomic E-state index is 13.0. The second kappa shape index (κ2) is 16.3. The molecule has 0 saturated carbocycles. The second-order valence-electron chi connectivity index (χ2n) is 12.9. The molecule has 0 heterocycles. The summed E-state index contributed by atoms with van der Waals surface area (Å²) in [7, 11) is -4.57. The number of phenolic OH excluding ortho intramolecular Hbond substituents is 2. The number of hydrogen-bond donors (Lipinski definition) is 2. The maximum Gasteiger partial charge on any atom is 0.179 e. The molecule has 0 aliphatic rings. The minimum absolute atomic E-state index is 0.0429. The average molecular weight is 799 g/mol. The van der Waals surface area contributed by atoms with Crippen LogP contribution in [0.3, 0.4) is 0 Å². The molecule has 278 valence electrons. The van der Waals surface area contributed by atoms with Crippen molar-refractivity contribution >= 4 is 85.6 Å². The third kappa shape index (κ3) is 8.95. The SMILES string of the molecule is Cc1ccc2c(N=Nc3ccc(S(=O)(=O)CCSSCCS(=O)(=O)c4ccc(N=Nc5c(O)c(C)cc6cc(C)ccc56)cc4)cc3)c(O)c(C)cc2c1. The Bertz CT molecular complexity index is 2460. The van der Waals surface area contributed by atoms with Gasteiger partial charge in [0.1, 0.15) is 22.9 Å². The van der Waals surface area contributed by atoms with Crippen molar-refractivity contribution in [2.24, 2.45) is 20.5 Å². The van der Waals surface area contributed by atoms with E-state index in [0.29, 0.717) is 33.9 Å². The molecule has 0 saturated heterocycles. The molecule has 6 rings (SSSR count). The third-order valence-electron chi connectivity index (χ3n) is 8.74. The molecule has 0 unspecified atom stereocenters. The topological polar surface area (TPSA) is 158 Å². The lowest BCUT2D eigenvalue weighted by Gasteiger charge is -2.08. The van der Waals surface area contributed by atoms with Crippen molar-refractivity contribution in [3.8, 4) is 11.5 Å². The Balaban J connectivity index is 0.987. The summed E-state index contributed by atoms with van der Waals surface area (Å²) in [5, 5.41) is 41.8. The molecule has 6 aromatic rings. The molecule has 0 aromatic heterocycles. The summed E-state index contributed by atoms with van der Waals surface area (Å²) >= 11 is 0. The summed E-state index contributed by atoms with van der Waals surface area (Å²) < 4.78 is 51.9. The lowest BCUT2D eigenvalue weighted by Crippen LogP contribution is -2.09. The van der Waals surface area contributed by atoms with Crippen molar-refractivity contribution in [2.45, 2.75) is 37.5 Å². The molecule has 6 aromatic carbocycles. The molecule has 0 aliphatic carbocycles. The number of aryl methyl sites for hydroxylation is 4. The van der Waals surface area contributed by atoms with Crippen molar-refractivity contribution in [3.05, 3.63) is 119 Å². The summed E-state index contributed by atoms with van der Waals surface area (Å²) in [6.07, 6.45) is 0. The summed E-state index contributed by atoms with van der Waals surface area (Å²) in [6.45, 7) is 7.58. The summed E-state index contributed by atoms with van der Waals surface area (Å²) in [4.78, 5) is 0.298. The van der Waals surface area contributed by atoms with Gasteiger partial charge >= 0.3 is 0 Å². The molecule has 0 bridgehead atoms. The van der Waals surface area contributed by atoms with Gasteiger partial charge in [0.05, 0.1) is 32.7 Å². The normalized spacial score (nSPS) is 12.4. The number of nitrogens with zero attached hydrogens (tertiary/aromatic N) is 4. The van der Waals surface area contributed by atoms with Gasteiger partial charge in [-0.1, -0.05) is 69.1 Å². The van der Waals surface area contributed by atoms with Gasteiger partial charge in [-0.15, -0.1) is 10.2 Å². The molecule has 54 heavy (non-hydrogen) atoms. The van der Waals surface area contributed by atoms with Crippen LogP contribution in [0.1, 0.15) is 22.3 Å². The van der Waals surface area contributed by atoms with Gasteiger partial charge in [0.2, 0.25) is 0 Å². The van der Waals surface area contributed by atoms with E-state index in [1.807, 2.05) is 62.4 Å². The van der Waals surface area contributed by atoms with Crippen LogP contribution in [-0.4, -0.2) is 50.1 Å². The highest BCUT2D eigenvalue weighted by Gasteiger charge is 2.17. The number of azo groups is 2. The van der Waals surface area contributed by atoms with E-state index in [1.165, 1.54) is 45.9 Å². The van der Waals surface area contributed by atoms with Gasteiger partial charge in [0.15, 0.2) is 19.7 Å². The molecule has 0 aliphatic heterocycles. The number of rotatable bonds is 13. The van der Waals surface area contributed by atoms with Crippen LogP contribution < -0.4 is 0 Å². The van der Waals surface area contributed by atoms with Gasteiger partial charge < -0.3 is 10.2 Å². The fourth-order valence-corrected chi connectivity index (χ4v) is 11.8. The first kappa shape index (κ1) is 38.9. The first-order chi connectivity index (χ1) is 25.7. The van der Waals surface area contributed by atoms with Gasteiger partial charge in [-0.05, 0) is 110 Å². The van der Waals surface area contributed by atoms with Crippen molar-refractivity contribution in [3.63, 3.8) is 0 Å². The fourth-order valence-electron chi connectivity index (χ4n) is 5.77. The molecule has 10 nitrogen and oxygen atoms in total. The first-order valence-corrected chi connectivity index (χ1v) is 22.7. The lowest BCUT2D eigenvalue weighted by atomic mass is 10.0. The highest BCUT2D eigenvalue weighted by atomic mass is 33.1. The highest BCUT2D eigenvalue weighted by molar-refractivity contribution is 8.76. The Hall–Kier alpha value is -4.76. The Morgan fingerprint density at radius 2 is 0.870 bits per heavy atom.